The molecule has 2 aromatic carbocycles. The summed E-state index contributed by atoms with van der Waals surface area (Å²) in [4.78, 5) is 13.1. The Balaban J connectivity index is 1.85. The van der Waals surface area contributed by atoms with Gasteiger partial charge in [0, 0.05) is 0 Å². The second-order valence-electron chi connectivity index (χ2n) is 6.63. The van der Waals surface area contributed by atoms with E-state index in [1.807, 2.05) is 60.7 Å². The SMILES string of the molecule is O=c1c(N=Nc2cc(O)on2)c(O)n(Cc2ccccc2)c(=S)n1Cc1ccccc1. The predicted octanol–water partition coefficient (Wildman–Crippen LogP) is 4.29. The van der Waals surface area contributed by atoms with Gasteiger partial charge in [0.15, 0.2) is 4.77 Å². The molecule has 9 nitrogen and oxygen atoms in total. The lowest BCUT2D eigenvalue weighted by Gasteiger charge is -2.16. The molecule has 0 atom stereocenters. The summed E-state index contributed by atoms with van der Waals surface area (Å²) in [5.74, 6) is -0.915. The number of rotatable bonds is 6. The lowest BCUT2D eigenvalue weighted by Crippen LogP contribution is -2.25. The standard InChI is InChI=1S/C21H17N5O4S/c27-17-11-16(24-30-17)22-23-18-19(28)25(12-14-7-3-1-4-8-14)21(31)26(20(18)29)13-15-9-5-2-6-10-15/h1-11,27-28H,12-13H2. The van der Waals surface area contributed by atoms with Gasteiger partial charge in [0.1, 0.15) is 0 Å². The van der Waals surface area contributed by atoms with Crippen molar-refractivity contribution >= 4 is 23.7 Å². The molecule has 0 saturated heterocycles. The lowest BCUT2D eigenvalue weighted by molar-refractivity contribution is 0.278. The quantitative estimate of drug-likeness (QED) is 0.345. The fourth-order valence-corrected chi connectivity index (χ4v) is 3.28. The maximum absolute atomic E-state index is 13.1. The number of aromatic nitrogens is 3. The molecule has 0 amide bonds. The van der Waals surface area contributed by atoms with Crippen molar-refractivity contribution in [2.24, 2.45) is 10.2 Å². The maximum atomic E-state index is 13.1. The van der Waals surface area contributed by atoms with Crippen molar-refractivity contribution in [1.29, 1.82) is 0 Å². The van der Waals surface area contributed by atoms with Crippen LogP contribution in [0.5, 0.6) is 11.8 Å². The molecular weight excluding hydrogens is 418 g/mol. The van der Waals surface area contributed by atoms with Crippen molar-refractivity contribution in [1.82, 2.24) is 14.3 Å². The van der Waals surface area contributed by atoms with E-state index in [1.54, 1.807) is 0 Å². The lowest BCUT2D eigenvalue weighted by atomic mass is 10.2. The van der Waals surface area contributed by atoms with Crippen molar-refractivity contribution < 1.29 is 14.7 Å². The summed E-state index contributed by atoms with van der Waals surface area (Å²) in [7, 11) is 0. The Kier molecular flexibility index (Phi) is 5.72. The van der Waals surface area contributed by atoms with E-state index in [-0.39, 0.29) is 29.4 Å². The highest BCUT2D eigenvalue weighted by molar-refractivity contribution is 7.71. The van der Waals surface area contributed by atoms with Crippen molar-refractivity contribution in [3.63, 3.8) is 0 Å². The highest BCUT2D eigenvalue weighted by atomic mass is 32.1. The zero-order chi connectivity index (χ0) is 21.8. The van der Waals surface area contributed by atoms with Crippen LogP contribution in [0, 0.1) is 4.77 Å². The summed E-state index contributed by atoms with van der Waals surface area (Å²) in [6, 6.07) is 19.8. The molecular formula is C21H17N5O4S. The first-order valence-electron chi connectivity index (χ1n) is 9.25. The minimum Gasteiger partial charge on any atom is -0.493 e. The number of nitrogens with zero attached hydrogens (tertiary/aromatic N) is 5. The van der Waals surface area contributed by atoms with E-state index in [0.29, 0.717) is 0 Å². The Labute approximate surface area is 181 Å². The molecule has 0 bridgehead atoms. The second-order valence-corrected chi connectivity index (χ2v) is 6.99. The van der Waals surface area contributed by atoms with Gasteiger partial charge in [-0.05, 0) is 23.3 Å². The van der Waals surface area contributed by atoms with E-state index < -0.39 is 17.4 Å². The first-order chi connectivity index (χ1) is 15.0. The summed E-state index contributed by atoms with van der Waals surface area (Å²) in [6.07, 6.45) is 0. The zero-order valence-electron chi connectivity index (χ0n) is 16.1. The summed E-state index contributed by atoms with van der Waals surface area (Å²) < 4.78 is 7.44. The van der Waals surface area contributed by atoms with Gasteiger partial charge in [0.2, 0.25) is 17.4 Å². The van der Waals surface area contributed by atoms with E-state index in [4.69, 9.17) is 12.2 Å². The van der Waals surface area contributed by atoms with E-state index in [0.717, 1.165) is 17.2 Å². The Bertz CT molecular complexity index is 1340. The molecule has 0 saturated carbocycles. The molecule has 0 aliphatic rings. The molecule has 0 unspecified atom stereocenters. The highest BCUT2D eigenvalue weighted by Crippen LogP contribution is 2.26. The van der Waals surface area contributed by atoms with Gasteiger partial charge in [-0.2, -0.15) is 0 Å². The monoisotopic (exact) mass is 435 g/mol. The van der Waals surface area contributed by atoms with E-state index in [1.165, 1.54) is 9.13 Å². The molecule has 0 aliphatic heterocycles. The first kappa shape index (κ1) is 20.2. The third-order valence-electron chi connectivity index (χ3n) is 4.48. The van der Waals surface area contributed by atoms with Crippen LogP contribution in [0.4, 0.5) is 11.5 Å². The summed E-state index contributed by atoms with van der Waals surface area (Å²) in [5.41, 5.74) is 0.829. The van der Waals surface area contributed by atoms with Crippen LogP contribution in [-0.2, 0) is 13.1 Å². The Morgan fingerprint density at radius 3 is 2.03 bits per heavy atom. The van der Waals surface area contributed by atoms with Crippen LogP contribution >= 0.6 is 12.2 Å². The Hall–Kier alpha value is -4.05. The van der Waals surface area contributed by atoms with Crippen molar-refractivity contribution in [2.45, 2.75) is 13.1 Å². The molecule has 2 aromatic heterocycles. The van der Waals surface area contributed by atoms with Gasteiger partial charge in [-0.1, -0.05) is 65.8 Å². The number of azo groups is 1. The van der Waals surface area contributed by atoms with Crippen LogP contribution in [0.25, 0.3) is 0 Å². The molecule has 31 heavy (non-hydrogen) atoms. The van der Waals surface area contributed by atoms with Gasteiger partial charge in [-0.15, -0.1) is 10.2 Å². The van der Waals surface area contributed by atoms with Crippen LogP contribution in [0.2, 0.25) is 0 Å². The van der Waals surface area contributed by atoms with Crippen molar-refractivity contribution in [3.8, 4) is 11.8 Å². The molecule has 2 heterocycles. The molecule has 156 valence electrons. The van der Waals surface area contributed by atoms with E-state index in [2.05, 4.69) is 19.9 Å². The van der Waals surface area contributed by atoms with Crippen molar-refractivity contribution in [2.75, 3.05) is 0 Å². The number of aromatic hydroxyl groups is 2. The smallest absolute Gasteiger partial charge is 0.311 e. The summed E-state index contributed by atoms with van der Waals surface area (Å²) in [5, 5.41) is 31.2. The molecule has 10 heteroatoms. The van der Waals surface area contributed by atoms with E-state index in [9.17, 15) is 15.0 Å². The number of benzene rings is 2. The minimum atomic E-state index is -0.605. The summed E-state index contributed by atoms with van der Waals surface area (Å²) in [6.45, 7) is 0.425. The van der Waals surface area contributed by atoms with Gasteiger partial charge in [-0.25, -0.2) is 0 Å². The van der Waals surface area contributed by atoms with Gasteiger partial charge in [0.05, 0.1) is 19.2 Å². The van der Waals surface area contributed by atoms with Crippen LogP contribution < -0.4 is 5.56 Å². The molecule has 0 spiro atoms. The number of hydrogen-bond donors (Lipinski definition) is 2. The highest BCUT2D eigenvalue weighted by Gasteiger charge is 2.18. The third kappa shape index (κ3) is 4.43. The molecule has 0 aliphatic carbocycles. The molecule has 4 rings (SSSR count). The average molecular weight is 435 g/mol. The third-order valence-corrected chi connectivity index (χ3v) is 4.92. The Morgan fingerprint density at radius 2 is 1.48 bits per heavy atom. The molecule has 0 fully saturated rings. The van der Waals surface area contributed by atoms with E-state index >= 15 is 0 Å². The van der Waals surface area contributed by atoms with Crippen LogP contribution in [0.1, 0.15) is 11.1 Å². The number of hydrogen-bond acceptors (Lipinski definition) is 8. The fraction of sp³-hybridized carbons (Fsp3) is 0.0952. The normalized spacial score (nSPS) is 11.2. The fourth-order valence-electron chi connectivity index (χ4n) is 2.98. The largest absolute Gasteiger partial charge is 0.493 e. The first-order valence-corrected chi connectivity index (χ1v) is 9.65. The van der Waals surface area contributed by atoms with Gasteiger partial charge >= 0.3 is 5.95 Å². The summed E-state index contributed by atoms with van der Waals surface area (Å²) >= 11 is 5.54. The van der Waals surface area contributed by atoms with Gasteiger partial charge < -0.3 is 14.7 Å². The van der Waals surface area contributed by atoms with Crippen LogP contribution in [-0.4, -0.2) is 24.5 Å². The molecule has 2 N–H and O–H groups in total. The maximum Gasteiger partial charge on any atom is 0.311 e. The minimum absolute atomic E-state index is 0.0528. The van der Waals surface area contributed by atoms with Gasteiger partial charge in [-0.3, -0.25) is 13.9 Å². The van der Waals surface area contributed by atoms with Crippen LogP contribution in [0.15, 0.2) is 86.3 Å². The zero-order valence-corrected chi connectivity index (χ0v) is 16.9. The predicted molar refractivity (Wildman–Crippen MR) is 115 cm³/mol. The second kappa shape index (κ2) is 8.76. The Morgan fingerprint density at radius 1 is 0.903 bits per heavy atom. The average Bonchev–Trinajstić information content (AvgIpc) is 3.21. The van der Waals surface area contributed by atoms with Gasteiger partial charge in [0.25, 0.3) is 5.56 Å². The van der Waals surface area contributed by atoms with Crippen LogP contribution in [0.3, 0.4) is 0 Å². The molecule has 4 aromatic rings. The molecule has 0 radical (unpaired) electrons. The van der Waals surface area contributed by atoms with Crippen molar-refractivity contribution in [3.05, 3.63) is 93.0 Å². The topological polar surface area (TPSA) is 118 Å².